The number of aromatic amines is 1. The lowest BCUT2D eigenvalue weighted by Crippen LogP contribution is -2.03. The zero-order valence-electron chi connectivity index (χ0n) is 10.6. The highest BCUT2D eigenvalue weighted by Gasteiger charge is 2.04. The molecule has 18 heavy (non-hydrogen) atoms. The highest BCUT2D eigenvalue weighted by molar-refractivity contribution is 5.33. The van der Waals surface area contributed by atoms with Crippen LogP contribution in [-0.4, -0.2) is 16.5 Å². The third-order valence-electron chi connectivity index (χ3n) is 2.81. The summed E-state index contributed by atoms with van der Waals surface area (Å²) in [4.78, 5) is 7.47. The summed E-state index contributed by atoms with van der Waals surface area (Å²) in [7, 11) is 0. The largest absolute Gasteiger partial charge is 0.485 e. The minimum absolute atomic E-state index is 0.460. The molecule has 0 amide bonds. The van der Waals surface area contributed by atoms with E-state index in [0.717, 1.165) is 30.1 Å². The van der Waals surface area contributed by atoms with Crippen LogP contribution < -0.4 is 10.5 Å². The molecule has 0 unspecified atom stereocenters. The average Bonchev–Trinajstić information content (AvgIpc) is 2.85. The summed E-state index contributed by atoms with van der Waals surface area (Å²) in [5, 5.41) is 0. The van der Waals surface area contributed by atoms with Gasteiger partial charge >= 0.3 is 0 Å². The van der Waals surface area contributed by atoms with E-state index in [4.69, 9.17) is 10.5 Å². The van der Waals surface area contributed by atoms with E-state index in [1.54, 1.807) is 0 Å². The van der Waals surface area contributed by atoms with Gasteiger partial charge in [-0.15, -0.1) is 0 Å². The molecule has 1 aromatic heterocycles. The second kappa shape index (κ2) is 6.21. The predicted molar refractivity (Wildman–Crippen MR) is 71.5 cm³/mol. The van der Waals surface area contributed by atoms with Gasteiger partial charge in [0, 0.05) is 18.3 Å². The van der Waals surface area contributed by atoms with Gasteiger partial charge in [0.15, 0.2) is 0 Å². The van der Waals surface area contributed by atoms with Crippen molar-refractivity contribution in [1.82, 2.24) is 9.97 Å². The van der Waals surface area contributed by atoms with Crippen LogP contribution in [0.2, 0.25) is 0 Å². The first-order valence-corrected chi connectivity index (χ1v) is 6.27. The third kappa shape index (κ3) is 3.11. The molecule has 1 aromatic carbocycles. The van der Waals surface area contributed by atoms with Crippen molar-refractivity contribution in [3.05, 3.63) is 47.5 Å². The number of H-pyrrole nitrogens is 1. The maximum atomic E-state index is 5.78. The summed E-state index contributed by atoms with van der Waals surface area (Å²) in [5.74, 6) is 1.76. The second-order valence-electron chi connectivity index (χ2n) is 4.14. The predicted octanol–water partition coefficient (Wildman–Crippen LogP) is 2.05. The van der Waals surface area contributed by atoms with E-state index in [2.05, 4.69) is 23.0 Å². The maximum absolute atomic E-state index is 5.78. The summed E-state index contributed by atoms with van der Waals surface area (Å²) in [6.45, 7) is 3.21. The fraction of sp³-hybridized carbons (Fsp3) is 0.357. The summed E-state index contributed by atoms with van der Waals surface area (Å²) in [6, 6.07) is 8.08. The Morgan fingerprint density at radius 3 is 2.94 bits per heavy atom. The summed E-state index contributed by atoms with van der Waals surface area (Å²) >= 11 is 0. The van der Waals surface area contributed by atoms with E-state index in [0.29, 0.717) is 13.2 Å². The lowest BCUT2D eigenvalue weighted by molar-refractivity contribution is 0.294. The smallest absolute Gasteiger partial charge is 0.146 e. The number of aryl methyl sites for hydroxylation is 1. The fourth-order valence-electron chi connectivity index (χ4n) is 1.84. The van der Waals surface area contributed by atoms with Gasteiger partial charge in [0.05, 0.1) is 0 Å². The lowest BCUT2D eigenvalue weighted by Gasteiger charge is -2.08. The monoisotopic (exact) mass is 245 g/mol. The molecule has 0 fully saturated rings. The van der Waals surface area contributed by atoms with Gasteiger partial charge in [0.1, 0.15) is 18.2 Å². The van der Waals surface area contributed by atoms with Crippen molar-refractivity contribution in [2.45, 2.75) is 26.4 Å². The number of ether oxygens (including phenoxy) is 1. The van der Waals surface area contributed by atoms with E-state index in [-0.39, 0.29) is 0 Å². The Balaban J connectivity index is 1.97. The highest BCUT2D eigenvalue weighted by Crippen LogP contribution is 2.19. The number of nitrogens with one attached hydrogen (secondary N) is 1. The van der Waals surface area contributed by atoms with Gasteiger partial charge in [0.25, 0.3) is 0 Å². The Morgan fingerprint density at radius 2 is 2.17 bits per heavy atom. The number of benzene rings is 1. The van der Waals surface area contributed by atoms with Crippen LogP contribution in [0.25, 0.3) is 0 Å². The van der Waals surface area contributed by atoms with Crippen LogP contribution >= 0.6 is 0 Å². The number of rotatable bonds is 6. The molecular weight excluding hydrogens is 226 g/mol. The Labute approximate surface area is 107 Å². The van der Waals surface area contributed by atoms with Gasteiger partial charge in [-0.1, -0.05) is 25.1 Å². The first-order chi connectivity index (χ1) is 8.83. The van der Waals surface area contributed by atoms with E-state index in [1.807, 2.05) is 24.4 Å². The van der Waals surface area contributed by atoms with Gasteiger partial charge in [0.2, 0.25) is 0 Å². The molecule has 0 bridgehead atoms. The number of nitrogens with two attached hydrogens (primary N) is 1. The Hall–Kier alpha value is -1.81. The third-order valence-corrected chi connectivity index (χ3v) is 2.81. The minimum atomic E-state index is 0.460. The van der Waals surface area contributed by atoms with Crippen molar-refractivity contribution in [2.75, 3.05) is 6.54 Å². The molecule has 3 N–H and O–H groups in total. The van der Waals surface area contributed by atoms with Crippen LogP contribution in [0.1, 0.15) is 24.0 Å². The quantitative estimate of drug-likeness (QED) is 0.818. The van der Waals surface area contributed by atoms with Crippen molar-refractivity contribution < 1.29 is 4.74 Å². The topological polar surface area (TPSA) is 63.9 Å². The number of nitrogens with zero attached hydrogens (tertiary/aromatic N) is 1. The first-order valence-electron chi connectivity index (χ1n) is 6.27. The number of hydrogen-bond donors (Lipinski definition) is 2. The molecule has 0 radical (unpaired) electrons. The molecule has 96 valence electrons. The van der Waals surface area contributed by atoms with Gasteiger partial charge in [-0.3, -0.25) is 0 Å². The van der Waals surface area contributed by atoms with E-state index < -0.39 is 0 Å². The van der Waals surface area contributed by atoms with Crippen molar-refractivity contribution in [1.29, 1.82) is 0 Å². The number of para-hydroxylation sites is 1. The van der Waals surface area contributed by atoms with Crippen LogP contribution in [0, 0.1) is 0 Å². The van der Waals surface area contributed by atoms with Crippen LogP contribution in [0.15, 0.2) is 30.5 Å². The number of aromatic nitrogens is 2. The molecule has 0 aliphatic rings. The first kappa shape index (κ1) is 12.6. The second-order valence-corrected chi connectivity index (χ2v) is 4.14. The minimum Gasteiger partial charge on any atom is -0.485 e. The normalized spacial score (nSPS) is 10.6. The van der Waals surface area contributed by atoms with Crippen molar-refractivity contribution in [3.63, 3.8) is 0 Å². The summed E-state index contributed by atoms with van der Waals surface area (Å²) < 4.78 is 5.78. The average molecular weight is 245 g/mol. The lowest BCUT2D eigenvalue weighted by atomic mass is 10.1. The Bertz CT molecular complexity index is 493. The van der Waals surface area contributed by atoms with Crippen LogP contribution in [-0.2, 0) is 19.4 Å². The van der Waals surface area contributed by atoms with Gasteiger partial charge in [-0.25, -0.2) is 4.98 Å². The van der Waals surface area contributed by atoms with Gasteiger partial charge in [-0.05, 0) is 24.6 Å². The maximum Gasteiger partial charge on any atom is 0.146 e. The molecule has 4 nitrogen and oxygen atoms in total. The molecule has 0 saturated carbocycles. The Morgan fingerprint density at radius 1 is 1.33 bits per heavy atom. The zero-order chi connectivity index (χ0) is 12.8. The van der Waals surface area contributed by atoms with E-state index >= 15 is 0 Å². The molecule has 2 aromatic rings. The fourth-order valence-corrected chi connectivity index (χ4v) is 1.84. The number of imidazole rings is 1. The summed E-state index contributed by atoms with van der Waals surface area (Å²) in [5.41, 5.74) is 7.76. The number of hydrogen-bond acceptors (Lipinski definition) is 3. The van der Waals surface area contributed by atoms with Crippen molar-refractivity contribution in [3.8, 4) is 5.75 Å². The molecule has 0 atom stereocenters. The Kier molecular flexibility index (Phi) is 4.36. The van der Waals surface area contributed by atoms with Crippen LogP contribution in [0.3, 0.4) is 0 Å². The van der Waals surface area contributed by atoms with Gasteiger partial charge < -0.3 is 15.5 Å². The molecule has 0 aliphatic carbocycles. The highest BCUT2D eigenvalue weighted by atomic mass is 16.5. The summed E-state index contributed by atoms with van der Waals surface area (Å²) in [6.07, 6.45) is 3.60. The van der Waals surface area contributed by atoms with Crippen LogP contribution in [0.5, 0.6) is 5.75 Å². The standard InChI is InChI=1S/C14H19N3O/c1-2-11-5-3-4-6-13(11)18-10-14-16-9-12(17-14)7-8-15/h3-6,9H,2,7-8,10,15H2,1H3,(H,16,17). The molecular formula is C14H19N3O. The molecule has 0 saturated heterocycles. The van der Waals surface area contributed by atoms with Crippen LogP contribution in [0.4, 0.5) is 0 Å². The van der Waals surface area contributed by atoms with Crippen molar-refractivity contribution in [2.24, 2.45) is 5.73 Å². The zero-order valence-corrected chi connectivity index (χ0v) is 10.6. The van der Waals surface area contributed by atoms with E-state index in [1.165, 1.54) is 5.56 Å². The SMILES string of the molecule is CCc1ccccc1OCc1ncc(CCN)[nH]1. The molecule has 4 heteroatoms. The molecule has 0 aliphatic heterocycles. The molecule has 1 heterocycles. The van der Waals surface area contributed by atoms with Crippen molar-refractivity contribution >= 4 is 0 Å². The van der Waals surface area contributed by atoms with E-state index in [9.17, 15) is 0 Å². The molecule has 2 rings (SSSR count). The molecule has 0 spiro atoms. The van der Waals surface area contributed by atoms with Gasteiger partial charge in [-0.2, -0.15) is 0 Å².